The van der Waals surface area contributed by atoms with E-state index in [0.717, 1.165) is 25.9 Å². The fourth-order valence-corrected chi connectivity index (χ4v) is 3.71. The third kappa shape index (κ3) is 5.53. The van der Waals surface area contributed by atoms with E-state index >= 15 is 0 Å². The largest absolute Gasteiger partial charge is 0.371 e. The van der Waals surface area contributed by atoms with Crippen LogP contribution in [0, 0.1) is 0 Å². The van der Waals surface area contributed by atoms with Crippen LogP contribution in [0.4, 0.5) is 14.5 Å². The van der Waals surface area contributed by atoms with Gasteiger partial charge in [-0.25, -0.2) is 17.7 Å². The monoisotopic (exact) mass is 344 g/mol. The van der Waals surface area contributed by atoms with E-state index in [1.165, 1.54) is 11.3 Å². The second-order valence-corrected chi connectivity index (χ2v) is 8.34. The molecular weight excluding hydrogens is 318 g/mol. The topological polar surface area (TPSA) is 32.3 Å². The Hall–Kier alpha value is -1.01. The Kier molecular flexibility index (Phi) is 6.14. The molecule has 1 N–H and O–H groups in total. The first-order chi connectivity index (χ1) is 10.8. The number of rotatable bonds is 5. The zero-order chi connectivity index (χ0) is 17.0. The molecule has 0 radical (unpaired) electrons. The number of hydrogen-bond donors (Lipinski definition) is 1. The quantitative estimate of drug-likeness (QED) is 0.887. The van der Waals surface area contributed by atoms with Crippen molar-refractivity contribution in [3.8, 4) is 0 Å². The van der Waals surface area contributed by atoms with E-state index in [1.54, 1.807) is 0 Å². The second kappa shape index (κ2) is 7.71. The Labute approximate surface area is 140 Å². The zero-order valence-corrected chi connectivity index (χ0v) is 14.8. The van der Waals surface area contributed by atoms with E-state index in [2.05, 4.69) is 54.7 Å². The van der Waals surface area contributed by atoms with Crippen LogP contribution in [0.1, 0.15) is 39.2 Å². The first-order valence-corrected chi connectivity index (χ1v) is 9.36. The Morgan fingerprint density at radius 1 is 1.22 bits per heavy atom. The number of nitrogens with zero attached hydrogens (tertiary/aromatic N) is 1. The average molecular weight is 344 g/mol. The predicted molar refractivity (Wildman–Crippen MR) is 92.5 cm³/mol. The maximum atomic E-state index is 12.2. The molecule has 2 rings (SSSR count). The van der Waals surface area contributed by atoms with Crippen LogP contribution in [-0.2, 0) is 16.4 Å². The molecule has 1 atom stereocenters. The Balaban J connectivity index is 1.86. The summed E-state index contributed by atoms with van der Waals surface area (Å²) in [6.45, 7) is 8.27. The molecule has 6 heteroatoms. The molecule has 1 heterocycles. The van der Waals surface area contributed by atoms with Crippen LogP contribution in [-0.4, -0.2) is 35.5 Å². The van der Waals surface area contributed by atoms with Crippen molar-refractivity contribution < 1.29 is 13.0 Å². The molecular formula is C17H26F2N2OS. The van der Waals surface area contributed by atoms with Crippen molar-refractivity contribution in [2.75, 3.05) is 23.7 Å². The van der Waals surface area contributed by atoms with Crippen LogP contribution in [0.15, 0.2) is 24.3 Å². The van der Waals surface area contributed by atoms with Gasteiger partial charge in [-0.2, -0.15) is 0 Å². The average Bonchev–Trinajstić information content (AvgIpc) is 2.46. The van der Waals surface area contributed by atoms with Crippen molar-refractivity contribution in [2.24, 2.45) is 0 Å². The van der Waals surface area contributed by atoms with Crippen molar-refractivity contribution in [3.63, 3.8) is 0 Å². The lowest BCUT2D eigenvalue weighted by molar-refractivity contribution is 0.175. The maximum Gasteiger partial charge on any atom is 0.251 e. The molecule has 1 aliphatic rings. The summed E-state index contributed by atoms with van der Waals surface area (Å²) in [5.41, 5.74) is 2.63. The SMILES string of the molecule is CC(C)(C)c1ccc(N2CCC(NS(=O)CC(F)F)CC2)cc1. The van der Waals surface area contributed by atoms with Crippen LogP contribution in [0.2, 0.25) is 0 Å². The van der Waals surface area contributed by atoms with Crippen LogP contribution >= 0.6 is 0 Å². The summed E-state index contributed by atoms with van der Waals surface area (Å²) in [4.78, 5) is 2.29. The summed E-state index contributed by atoms with van der Waals surface area (Å²) in [6, 6.07) is 8.67. The highest BCUT2D eigenvalue weighted by molar-refractivity contribution is 7.83. The van der Waals surface area contributed by atoms with Gasteiger partial charge in [0.2, 0.25) is 0 Å². The normalized spacial score (nSPS) is 18.4. The molecule has 3 nitrogen and oxygen atoms in total. The molecule has 0 amide bonds. The van der Waals surface area contributed by atoms with Crippen LogP contribution < -0.4 is 9.62 Å². The van der Waals surface area contributed by atoms with Crippen molar-refractivity contribution >= 4 is 16.7 Å². The molecule has 0 aromatic heterocycles. The molecule has 1 aliphatic heterocycles. The minimum absolute atomic E-state index is 0.0553. The number of benzene rings is 1. The lowest BCUT2D eigenvalue weighted by Crippen LogP contribution is -2.44. The standard InChI is InChI=1S/C17H26F2N2OS/c1-17(2,3)13-4-6-15(7-5-13)21-10-8-14(9-11-21)20-23(22)12-16(18)19/h4-7,14,16,20H,8-12H2,1-3H3. The summed E-state index contributed by atoms with van der Waals surface area (Å²) in [5, 5.41) is 0. The zero-order valence-electron chi connectivity index (χ0n) is 14.0. The molecule has 1 saturated heterocycles. The third-order valence-electron chi connectivity index (χ3n) is 4.17. The molecule has 1 aromatic carbocycles. The van der Waals surface area contributed by atoms with Crippen molar-refractivity contribution in [2.45, 2.75) is 51.5 Å². The number of alkyl halides is 2. The number of halogens is 2. The highest BCUT2D eigenvalue weighted by atomic mass is 32.2. The van der Waals surface area contributed by atoms with Crippen LogP contribution in [0.3, 0.4) is 0 Å². The lowest BCUT2D eigenvalue weighted by atomic mass is 9.87. The van der Waals surface area contributed by atoms with Gasteiger partial charge >= 0.3 is 0 Å². The van der Waals surface area contributed by atoms with Gasteiger partial charge in [0, 0.05) is 24.8 Å². The summed E-state index contributed by atoms with van der Waals surface area (Å²) in [5.74, 6) is -0.589. The number of hydrogen-bond acceptors (Lipinski definition) is 2. The molecule has 0 aliphatic carbocycles. The lowest BCUT2D eigenvalue weighted by Gasteiger charge is -2.34. The summed E-state index contributed by atoms with van der Waals surface area (Å²) >= 11 is 0. The minimum Gasteiger partial charge on any atom is -0.371 e. The van der Waals surface area contributed by atoms with Gasteiger partial charge in [-0.15, -0.1) is 0 Å². The van der Waals surface area contributed by atoms with E-state index < -0.39 is 23.2 Å². The third-order valence-corrected chi connectivity index (χ3v) is 5.32. The smallest absolute Gasteiger partial charge is 0.251 e. The highest BCUT2D eigenvalue weighted by Gasteiger charge is 2.22. The fourth-order valence-electron chi connectivity index (χ4n) is 2.78. The van der Waals surface area contributed by atoms with E-state index in [9.17, 15) is 13.0 Å². The second-order valence-electron chi connectivity index (χ2n) is 7.08. The van der Waals surface area contributed by atoms with E-state index in [0.29, 0.717) is 0 Å². The number of anilines is 1. The van der Waals surface area contributed by atoms with Crippen molar-refractivity contribution in [1.82, 2.24) is 4.72 Å². The van der Waals surface area contributed by atoms with Gasteiger partial charge in [-0.05, 0) is 36.0 Å². The van der Waals surface area contributed by atoms with Crippen molar-refractivity contribution in [1.29, 1.82) is 0 Å². The van der Waals surface area contributed by atoms with Gasteiger partial charge in [0.25, 0.3) is 6.43 Å². The first kappa shape index (κ1) is 18.3. The molecule has 0 saturated carbocycles. The van der Waals surface area contributed by atoms with Crippen LogP contribution in [0.5, 0.6) is 0 Å². The van der Waals surface area contributed by atoms with E-state index in [1.807, 2.05) is 0 Å². The molecule has 23 heavy (non-hydrogen) atoms. The summed E-state index contributed by atoms with van der Waals surface area (Å²) < 4.78 is 38.7. The van der Waals surface area contributed by atoms with Crippen LogP contribution in [0.25, 0.3) is 0 Å². The summed E-state index contributed by atoms with van der Waals surface area (Å²) in [6.07, 6.45) is -0.892. The minimum atomic E-state index is -2.52. The Morgan fingerprint density at radius 3 is 2.26 bits per heavy atom. The Morgan fingerprint density at radius 2 is 1.78 bits per heavy atom. The highest BCUT2D eigenvalue weighted by Crippen LogP contribution is 2.26. The molecule has 1 unspecified atom stereocenters. The van der Waals surface area contributed by atoms with Gasteiger partial charge in [0.1, 0.15) is 0 Å². The molecule has 0 spiro atoms. The summed E-state index contributed by atoms with van der Waals surface area (Å²) in [7, 11) is -1.64. The molecule has 1 fully saturated rings. The Bertz CT molecular complexity index is 520. The van der Waals surface area contributed by atoms with Gasteiger partial charge in [0.15, 0.2) is 0 Å². The van der Waals surface area contributed by atoms with Gasteiger partial charge in [-0.1, -0.05) is 32.9 Å². The molecule has 130 valence electrons. The predicted octanol–water partition coefficient (Wildman–Crippen LogP) is 3.47. The van der Waals surface area contributed by atoms with E-state index in [4.69, 9.17) is 0 Å². The van der Waals surface area contributed by atoms with Gasteiger partial charge < -0.3 is 4.90 Å². The molecule has 1 aromatic rings. The van der Waals surface area contributed by atoms with Gasteiger partial charge in [-0.3, -0.25) is 0 Å². The number of piperidine rings is 1. The first-order valence-electron chi connectivity index (χ1n) is 8.04. The van der Waals surface area contributed by atoms with Crippen molar-refractivity contribution in [3.05, 3.63) is 29.8 Å². The van der Waals surface area contributed by atoms with Gasteiger partial charge in [0.05, 0.1) is 16.7 Å². The fraction of sp³-hybridized carbons (Fsp3) is 0.647. The molecule has 0 bridgehead atoms. The maximum absolute atomic E-state index is 12.2. The van der Waals surface area contributed by atoms with E-state index in [-0.39, 0.29) is 11.5 Å². The number of nitrogens with one attached hydrogen (secondary N) is 1.